The predicted molar refractivity (Wildman–Crippen MR) is 125 cm³/mol. The molecule has 2 aromatic heterocycles. The zero-order valence-electron chi connectivity index (χ0n) is 18.0. The third-order valence-electron chi connectivity index (χ3n) is 5.36. The molecule has 0 aliphatic heterocycles. The van der Waals surface area contributed by atoms with Gasteiger partial charge in [0.25, 0.3) is 11.5 Å². The number of anilines is 2. The molecule has 0 saturated carbocycles. The summed E-state index contributed by atoms with van der Waals surface area (Å²) >= 11 is 0. The smallest absolute Gasteiger partial charge is 0.330 e. The number of carbonyl (C=O) groups is 1. The van der Waals surface area contributed by atoms with Crippen molar-refractivity contribution in [2.75, 3.05) is 17.7 Å². The third kappa shape index (κ3) is 3.78. The lowest BCUT2D eigenvalue weighted by atomic mass is 10.0. The Bertz CT molecular complexity index is 1450. The first-order chi connectivity index (χ1) is 15.3. The SMILES string of the molecule is Cc1ccc2nc(C)cc(C(=O)N(C)c3c(N)n(Cc4ccccc4)c(=O)[nH]c3=O)c2c1. The van der Waals surface area contributed by atoms with Crippen molar-refractivity contribution < 1.29 is 4.79 Å². The first kappa shape index (κ1) is 21.0. The number of hydrogen-bond acceptors (Lipinski definition) is 5. The Morgan fingerprint density at radius 2 is 1.81 bits per heavy atom. The van der Waals surface area contributed by atoms with Crippen molar-refractivity contribution in [3.05, 3.63) is 97.8 Å². The van der Waals surface area contributed by atoms with Gasteiger partial charge < -0.3 is 10.6 Å². The van der Waals surface area contributed by atoms with E-state index in [2.05, 4.69) is 9.97 Å². The number of nitrogen functional groups attached to an aromatic ring is 1. The van der Waals surface area contributed by atoms with Crippen LogP contribution in [-0.2, 0) is 6.54 Å². The van der Waals surface area contributed by atoms with Crippen LogP contribution in [0.5, 0.6) is 0 Å². The van der Waals surface area contributed by atoms with Crippen LogP contribution in [0.3, 0.4) is 0 Å². The zero-order valence-corrected chi connectivity index (χ0v) is 18.0. The van der Waals surface area contributed by atoms with Crippen LogP contribution in [0.25, 0.3) is 10.9 Å². The molecule has 0 unspecified atom stereocenters. The molecule has 0 atom stereocenters. The summed E-state index contributed by atoms with van der Waals surface area (Å²) in [6, 6.07) is 16.6. The summed E-state index contributed by atoms with van der Waals surface area (Å²) in [6.45, 7) is 3.89. The predicted octanol–water partition coefficient (Wildman–Crippen LogP) is 2.61. The van der Waals surface area contributed by atoms with Gasteiger partial charge in [-0.25, -0.2) is 4.79 Å². The molecule has 0 fully saturated rings. The fraction of sp³-hybridized carbons (Fsp3) is 0.167. The molecule has 0 aliphatic carbocycles. The number of amides is 1. The zero-order chi connectivity index (χ0) is 23.0. The van der Waals surface area contributed by atoms with Crippen LogP contribution in [0, 0.1) is 13.8 Å². The molecule has 1 amide bonds. The standard InChI is InChI=1S/C24H23N5O3/c1-14-9-10-19-17(11-14)18(12-15(2)26-19)23(31)28(3)20-21(25)29(24(32)27-22(20)30)13-16-7-5-4-6-8-16/h4-12H,13,25H2,1-3H3,(H,27,30,32). The van der Waals surface area contributed by atoms with Crippen LogP contribution >= 0.6 is 0 Å². The normalized spacial score (nSPS) is 11.0. The van der Waals surface area contributed by atoms with Crippen LogP contribution in [0.2, 0.25) is 0 Å². The Balaban J connectivity index is 1.83. The van der Waals surface area contributed by atoms with Gasteiger partial charge in [-0.15, -0.1) is 0 Å². The fourth-order valence-electron chi connectivity index (χ4n) is 3.76. The highest BCUT2D eigenvalue weighted by Crippen LogP contribution is 2.24. The Hall–Kier alpha value is -4.20. The highest BCUT2D eigenvalue weighted by atomic mass is 16.2. The van der Waals surface area contributed by atoms with E-state index in [1.165, 1.54) is 16.5 Å². The van der Waals surface area contributed by atoms with Crippen molar-refractivity contribution in [2.24, 2.45) is 0 Å². The highest BCUT2D eigenvalue weighted by Gasteiger charge is 2.24. The summed E-state index contributed by atoms with van der Waals surface area (Å²) in [5, 5.41) is 0.681. The van der Waals surface area contributed by atoms with Gasteiger partial charge in [0.15, 0.2) is 5.69 Å². The lowest BCUT2D eigenvalue weighted by molar-refractivity contribution is 0.0994. The first-order valence-electron chi connectivity index (χ1n) is 10.1. The molecular weight excluding hydrogens is 406 g/mol. The van der Waals surface area contributed by atoms with Crippen molar-refractivity contribution in [1.82, 2.24) is 14.5 Å². The highest BCUT2D eigenvalue weighted by molar-refractivity contribution is 6.14. The van der Waals surface area contributed by atoms with E-state index >= 15 is 0 Å². The molecule has 2 aromatic carbocycles. The van der Waals surface area contributed by atoms with Gasteiger partial charge >= 0.3 is 5.69 Å². The largest absolute Gasteiger partial charge is 0.383 e. The Morgan fingerprint density at radius 1 is 1.09 bits per heavy atom. The monoisotopic (exact) mass is 429 g/mol. The van der Waals surface area contributed by atoms with Gasteiger partial charge in [-0.05, 0) is 37.6 Å². The number of rotatable bonds is 4. The second-order valence-electron chi connectivity index (χ2n) is 7.76. The molecule has 8 nitrogen and oxygen atoms in total. The van der Waals surface area contributed by atoms with Gasteiger partial charge in [0, 0.05) is 18.1 Å². The number of fused-ring (bicyclic) bond motifs is 1. The van der Waals surface area contributed by atoms with Crippen molar-refractivity contribution in [3.8, 4) is 0 Å². The van der Waals surface area contributed by atoms with Gasteiger partial charge in [0.1, 0.15) is 5.82 Å². The molecule has 3 N–H and O–H groups in total. The van der Waals surface area contributed by atoms with E-state index in [1.54, 1.807) is 13.0 Å². The summed E-state index contributed by atoms with van der Waals surface area (Å²) in [5.74, 6) is -0.502. The van der Waals surface area contributed by atoms with E-state index < -0.39 is 17.2 Å². The molecule has 0 saturated heterocycles. The number of aromatic nitrogens is 3. The number of hydrogen-bond donors (Lipinski definition) is 2. The maximum atomic E-state index is 13.5. The maximum absolute atomic E-state index is 13.5. The molecule has 0 bridgehead atoms. The van der Waals surface area contributed by atoms with E-state index in [9.17, 15) is 14.4 Å². The summed E-state index contributed by atoms with van der Waals surface area (Å²) in [4.78, 5) is 46.6. The Labute approximate surface area is 184 Å². The molecule has 4 rings (SSSR count). The van der Waals surface area contributed by atoms with Crippen molar-refractivity contribution >= 4 is 28.3 Å². The second kappa shape index (κ2) is 8.14. The molecule has 4 aromatic rings. The lowest BCUT2D eigenvalue weighted by Crippen LogP contribution is -2.39. The van der Waals surface area contributed by atoms with Gasteiger partial charge in [0.05, 0.1) is 17.6 Å². The minimum atomic E-state index is -0.723. The van der Waals surface area contributed by atoms with E-state index in [4.69, 9.17) is 5.73 Å². The number of H-pyrrole nitrogens is 1. The maximum Gasteiger partial charge on any atom is 0.330 e. The number of aromatic amines is 1. The van der Waals surface area contributed by atoms with E-state index in [0.717, 1.165) is 11.1 Å². The van der Waals surface area contributed by atoms with E-state index in [1.807, 2.05) is 55.5 Å². The van der Waals surface area contributed by atoms with Crippen molar-refractivity contribution in [1.29, 1.82) is 0 Å². The lowest BCUT2D eigenvalue weighted by Gasteiger charge is -2.21. The minimum Gasteiger partial charge on any atom is -0.383 e. The number of nitrogens with two attached hydrogens (primary N) is 1. The average molecular weight is 429 g/mol. The molecule has 2 heterocycles. The quantitative estimate of drug-likeness (QED) is 0.518. The molecular formula is C24H23N5O3. The Morgan fingerprint density at radius 3 is 2.53 bits per heavy atom. The number of benzene rings is 2. The summed E-state index contributed by atoms with van der Waals surface area (Å²) in [6.07, 6.45) is 0. The van der Waals surface area contributed by atoms with Crippen LogP contribution in [0.15, 0.2) is 64.2 Å². The summed E-state index contributed by atoms with van der Waals surface area (Å²) in [5.41, 5.74) is 8.38. The number of pyridine rings is 1. The number of carbonyl (C=O) groups excluding carboxylic acids is 1. The third-order valence-corrected chi connectivity index (χ3v) is 5.36. The van der Waals surface area contributed by atoms with Gasteiger partial charge in [0.2, 0.25) is 0 Å². The first-order valence-corrected chi connectivity index (χ1v) is 10.1. The van der Waals surface area contributed by atoms with Gasteiger partial charge in [-0.3, -0.25) is 24.1 Å². The number of nitrogens with zero attached hydrogens (tertiary/aromatic N) is 3. The van der Waals surface area contributed by atoms with Crippen LogP contribution in [0.4, 0.5) is 11.5 Å². The van der Waals surface area contributed by atoms with E-state index in [-0.39, 0.29) is 18.1 Å². The van der Waals surface area contributed by atoms with Crippen molar-refractivity contribution in [2.45, 2.75) is 20.4 Å². The molecule has 0 aliphatic rings. The summed E-state index contributed by atoms with van der Waals surface area (Å²) < 4.78 is 1.25. The fourth-order valence-corrected chi connectivity index (χ4v) is 3.76. The molecule has 162 valence electrons. The average Bonchev–Trinajstić information content (AvgIpc) is 2.76. The summed E-state index contributed by atoms with van der Waals surface area (Å²) in [7, 11) is 1.47. The number of aryl methyl sites for hydroxylation is 2. The molecule has 0 spiro atoms. The van der Waals surface area contributed by atoms with Crippen LogP contribution < -0.4 is 21.9 Å². The number of nitrogens with one attached hydrogen (secondary N) is 1. The van der Waals surface area contributed by atoms with Crippen molar-refractivity contribution in [3.63, 3.8) is 0 Å². The molecule has 32 heavy (non-hydrogen) atoms. The van der Waals surface area contributed by atoms with Crippen LogP contribution in [0.1, 0.15) is 27.2 Å². The Kier molecular flexibility index (Phi) is 5.36. The topological polar surface area (TPSA) is 114 Å². The van der Waals surface area contributed by atoms with Gasteiger partial charge in [-0.2, -0.15) is 0 Å². The second-order valence-corrected chi connectivity index (χ2v) is 7.76. The van der Waals surface area contributed by atoms with E-state index in [0.29, 0.717) is 22.2 Å². The van der Waals surface area contributed by atoms with Crippen LogP contribution in [-0.4, -0.2) is 27.5 Å². The van der Waals surface area contributed by atoms with Gasteiger partial charge in [-0.1, -0.05) is 42.0 Å². The molecule has 0 radical (unpaired) electrons. The molecule has 8 heteroatoms. The minimum absolute atomic E-state index is 0.0790.